The predicted octanol–water partition coefficient (Wildman–Crippen LogP) is 4.28. The first-order valence-electron chi connectivity index (χ1n) is 10.1. The molecular formula is C25H22N2O4. The number of rotatable bonds is 6. The van der Waals surface area contributed by atoms with Gasteiger partial charge in [0.2, 0.25) is 5.91 Å². The Hall–Kier alpha value is -3.93. The third-order valence-corrected chi connectivity index (χ3v) is 5.10. The Kier molecular flexibility index (Phi) is 6.08. The van der Waals surface area contributed by atoms with Crippen LogP contribution >= 0.6 is 0 Å². The van der Waals surface area contributed by atoms with Crippen LogP contribution in [0.4, 0.5) is 11.4 Å². The largest absolute Gasteiger partial charge is 0.452 e. The number of hydrogen-bond donors (Lipinski definition) is 1. The molecule has 1 aliphatic rings. The van der Waals surface area contributed by atoms with Gasteiger partial charge in [0.25, 0.3) is 5.91 Å². The first kappa shape index (κ1) is 20.3. The fraction of sp³-hybridized carbons (Fsp3) is 0.160. The van der Waals surface area contributed by atoms with Gasteiger partial charge in [-0.3, -0.25) is 9.59 Å². The quantitative estimate of drug-likeness (QED) is 0.611. The minimum Gasteiger partial charge on any atom is -0.452 e. The first-order chi connectivity index (χ1) is 15.1. The van der Waals surface area contributed by atoms with Crippen molar-refractivity contribution in [2.45, 2.75) is 12.8 Å². The molecule has 6 nitrogen and oxygen atoms in total. The summed E-state index contributed by atoms with van der Waals surface area (Å²) in [4.78, 5) is 37.9. The van der Waals surface area contributed by atoms with Gasteiger partial charge in [-0.15, -0.1) is 0 Å². The van der Waals surface area contributed by atoms with Crippen LogP contribution in [0.15, 0.2) is 78.9 Å². The van der Waals surface area contributed by atoms with Gasteiger partial charge in [-0.05, 0) is 53.9 Å². The molecule has 156 valence electrons. The number of anilines is 2. The molecule has 31 heavy (non-hydrogen) atoms. The van der Waals surface area contributed by atoms with E-state index in [9.17, 15) is 14.4 Å². The highest BCUT2D eigenvalue weighted by molar-refractivity contribution is 5.97. The molecule has 0 aromatic heterocycles. The number of nitrogens with zero attached hydrogens (tertiary/aromatic N) is 1. The number of carbonyl (C=O) groups is 3. The molecule has 2 amide bonds. The molecule has 0 atom stereocenters. The summed E-state index contributed by atoms with van der Waals surface area (Å²) < 4.78 is 5.12. The third kappa shape index (κ3) is 4.98. The van der Waals surface area contributed by atoms with E-state index in [1.54, 1.807) is 41.3 Å². The van der Waals surface area contributed by atoms with Crippen LogP contribution in [0, 0.1) is 0 Å². The van der Waals surface area contributed by atoms with Gasteiger partial charge in [0.1, 0.15) is 0 Å². The predicted molar refractivity (Wildman–Crippen MR) is 119 cm³/mol. The van der Waals surface area contributed by atoms with Crippen molar-refractivity contribution in [1.82, 2.24) is 0 Å². The fourth-order valence-corrected chi connectivity index (χ4v) is 3.49. The van der Waals surface area contributed by atoms with Gasteiger partial charge in [-0.25, -0.2) is 4.79 Å². The molecule has 1 aliphatic heterocycles. The summed E-state index contributed by atoms with van der Waals surface area (Å²) in [5.74, 6) is -0.877. The highest BCUT2D eigenvalue weighted by Crippen LogP contribution is 2.23. The molecule has 0 bridgehead atoms. The molecule has 1 saturated heterocycles. The van der Waals surface area contributed by atoms with Crippen molar-refractivity contribution in [3.05, 3.63) is 84.4 Å². The third-order valence-electron chi connectivity index (χ3n) is 5.10. The SMILES string of the molecule is O=C(COC(=O)c1ccc(-c2ccccc2)cc1)Nc1ccc(N2CCCC2=O)cc1. The van der Waals surface area contributed by atoms with Crippen molar-refractivity contribution in [3.63, 3.8) is 0 Å². The van der Waals surface area contributed by atoms with Gasteiger partial charge in [-0.1, -0.05) is 42.5 Å². The molecule has 3 aromatic rings. The van der Waals surface area contributed by atoms with E-state index in [1.165, 1.54) is 0 Å². The number of amides is 2. The summed E-state index contributed by atoms with van der Waals surface area (Å²) in [7, 11) is 0. The van der Waals surface area contributed by atoms with E-state index in [-0.39, 0.29) is 12.5 Å². The molecule has 0 radical (unpaired) electrons. The minimum absolute atomic E-state index is 0.112. The van der Waals surface area contributed by atoms with Gasteiger partial charge >= 0.3 is 5.97 Å². The molecule has 6 heteroatoms. The average molecular weight is 414 g/mol. The monoisotopic (exact) mass is 414 g/mol. The van der Waals surface area contributed by atoms with E-state index in [1.807, 2.05) is 42.5 Å². The zero-order valence-corrected chi connectivity index (χ0v) is 16.9. The van der Waals surface area contributed by atoms with Crippen LogP contribution in [-0.2, 0) is 14.3 Å². The molecule has 4 rings (SSSR count). The molecule has 0 unspecified atom stereocenters. The standard InChI is InChI=1S/C25H22N2O4/c28-23(26-21-12-14-22(15-13-21)27-16-4-7-24(27)29)17-31-25(30)20-10-8-19(9-11-20)18-5-2-1-3-6-18/h1-3,5-6,8-15H,4,7,16-17H2,(H,26,28). The Bertz CT molecular complexity index is 1080. The lowest BCUT2D eigenvalue weighted by atomic mass is 10.0. The van der Waals surface area contributed by atoms with Crippen LogP contribution in [-0.4, -0.2) is 30.9 Å². The zero-order valence-electron chi connectivity index (χ0n) is 16.9. The van der Waals surface area contributed by atoms with Gasteiger partial charge in [0, 0.05) is 24.3 Å². The highest BCUT2D eigenvalue weighted by Gasteiger charge is 2.21. The van der Waals surface area contributed by atoms with Crippen LogP contribution in [0.5, 0.6) is 0 Å². The van der Waals surface area contributed by atoms with Crippen LogP contribution in [0.3, 0.4) is 0 Å². The lowest BCUT2D eigenvalue weighted by molar-refractivity contribution is -0.119. The molecule has 1 heterocycles. The molecule has 1 fully saturated rings. The van der Waals surface area contributed by atoms with Crippen LogP contribution in [0.1, 0.15) is 23.2 Å². The lowest BCUT2D eigenvalue weighted by Crippen LogP contribution is -2.23. The van der Waals surface area contributed by atoms with E-state index in [0.717, 1.165) is 23.2 Å². The van der Waals surface area contributed by atoms with Crippen molar-refractivity contribution in [1.29, 1.82) is 0 Å². The van der Waals surface area contributed by atoms with E-state index in [4.69, 9.17) is 4.74 Å². The number of nitrogens with one attached hydrogen (secondary N) is 1. The van der Waals surface area contributed by atoms with Gasteiger partial charge in [-0.2, -0.15) is 0 Å². The number of ether oxygens (including phenoxy) is 1. The average Bonchev–Trinajstić information content (AvgIpc) is 3.24. The van der Waals surface area contributed by atoms with E-state index < -0.39 is 11.9 Å². The number of hydrogen-bond acceptors (Lipinski definition) is 4. The number of carbonyl (C=O) groups excluding carboxylic acids is 3. The fourth-order valence-electron chi connectivity index (χ4n) is 3.49. The van der Waals surface area contributed by atoms with E-state index in [0.29, 0.717) is 24.2 Å². The second-order valence-corrected chi connectivity index (χ2v) is 7.26. The van der Waals surface area contributed by atoms with E-state index >= 15 is 0 Å². The normalized spacial score (nSPS) is 13.2. The molecule has 3 aromatic carbocycles. The minimum atomic E-state index is -0.558. The Morgan fingerprint density at radius 1 is 0.871 bits per heavy atom. The summed E-state index contributed by atoms with van der Waals surface area (Å²) in [6.07, 6.45) is 1.43. The molecule has 1 N–H and O–H groups in total. The summed E-state index contributed by atoms with van der Waals surface area (Å²) in [5.41, 5.74) is 3.82. The van der Waals surface area contributed by atoms with Gasteiger partial charge in [0.05, 0.1) is 5.56 Å². The van der Waals surface area contributed by atoms with Gasteiger partial charge < -0.3 is 15.0 Å². The first-order valence-corrected chi connectivity index (χ1v) is 10.1. The summed E-state index contributed by atoms with van der Waals surface area (Å²) >= 11 is 0. The van der Waals surface area contributed by atoms with Gasteiger partial charge in [0.15, 0.2) is 6.61 Å². The topological polar surface area (TPSA) is 75.7 Å². The molecule has 0 spiro atoms. The Morgan fingerprint density at radius 2 is 1.55 bits per heavy atom. The smallest absolute Gasteiger partial charge is 0.338 e. The summed E-state index contributed by atoms with van der Waals surface area (Å²) in [6, 6.07) is 23.9. The zero-order chi connectivity index (χ0) is 21.6. The van der Waals surface area contributed by atoms with E-state index in [2.05, 4.69) is 5.32 Å². The molecule has 0 aliphatic carbocycles. The van der Waals surface area contributed by atoms with Crippen molar-refractivity contribution in [2.24, 2.45) is 0 Å². The van der Waals surface area contributed by atoms with Crippen LogP contribution < -0.4 is 10.2 Å². The van der Waals surface area contributed by atoms with Crippen LogP contribution in [0.2, 0.25) is 0 Å². The summed E-state index contributed by atoms with van der Waals surface area (Å²) in [5, 5.41) is 2.69. The van der Waals surface area contributed by atoms with Crippen molar-refractivity contribution in [2.75, 3.05) is 23.4 Å². The second kappa shape index (κ2) is 9.26. The number of esters is 1. The maximum absolute atomic E-state index is 12.2. The number of benzene rings is 3. The van der Waals surface area contributed by atoms with Crippen molar-refractivity contribution < 1.29 is 19.1 Å². The second-order valence-electron chi connectivity index (χ2n) is 7.26. The van der Waals surface area contributed by atoms with Crippen molar-refractivity contribution in [3.8, 4) is 11.1 Å². The Balaban J connectivity index is 1.28. The Labute approximate surface area is 180 Å². The lowest BCUT2D eigenvalue weighted by Gasteiger charge is -2.16. The highest BCUT2D eigenvalue weighted by atomic mass is 16.5. The maximum atomic E-state index is 12.2. The van der Waals surface area contributed by atoms with Crippen molar-refractivity contribution >= 4 is 29.2 Å². The summed E-state index contributed by atoms with van der Waals surface area (Å²) in [6.45, 7) is 0.332. The van der Waals surface area contributed by atoms with Crippen LogP contribution in [0.25, 0.3) is 11.1 Å². The molecular weight excluding hydrogens is 392 g/mol. The maximum Gasteiger partial charge on any atom is 0.338 e. The molecule has 0 saturated carbocycles. The Morgan fingerprint density at radius 3 is 2.19 bits per heavy atom.